The van der Waals surface area contributed by atoms with E-state index in [-0.39, 0.29) is 5.91 Å². The first kappa shape index (κ1) is 15.8. The number of amides is 1. The minimum Gasteiger partial charge on any atom is -0.385 e. The molecular weight excluding hydrogens is 262 g/mol. The summed E-state index contributed by atoms with van der Waals surface area (Å²) >= 11 is 0. The van der Waals surface area contributed by atoms with Crippen molar-refractivity contribution in [2.24, 2.45) is 0 Å². The number of hydrogen-bond donors (Lipinski definition) is 2. The lowest BCUT2D eigenvalue weighted by molar-refractivity contribution is 0.0370. The number of carbonyl (C=O) groups excluding carboxylic acids is 1. The molecule has 4 heteroatoms. The van der Waals surface area contributed by atoms with Crippen molar-refractivity contribution >= 4 is 11.6 Å². The summed E-state index contributed by atoms with van der Waals surface area (Å²) in [4.78, 5) is 12.7. The summed E-state index contributed by atoms with van der Waals surface area (Å²) in [5.41, 5.74) is 5.84. The fourth-order valence-electron chi connectivity index (χ4n) is 3.01. The number of aryl methyl sites for hydroxylation is 1. The molecule has 4 nitrogen and oxygen atoms in total. The van der Waals surface area contributed by atoms with E-state index >= 15 is 0 Å². The third-order valence-corrected chi connectivity index (χ3v) is 4.21. The number of carbonyl (C=O) groups is 1. The van der Waals surface area contributed by atoms with Gasteiger partial charge in [-0.3, -0.25) is 10.2 Å². The number of anilines is 1. The van der Waals surface area contributed by atoms with Crippen LogP contribution in [0, 0.1) is 6.92 Å². The number of hydrazine groups is 1. The lowest BCUT2D eigenvalue weighted by Crippen LogP contribution is -2.54. The van der Waals surface area contributed by atoms with Gasteiger partial charge in [0.05, 0.1) is 5.56 Å². The Kier molecular flexibility index (Phi) is 5.23. The molecule has 1 fully saturated rings. The molecule has 2 rings (SSSR count). The van der Waals surface area contributed by atoms with Crippen molar-refractivity contribution in [1.29, 1.82) is 0 Å². The number of hydrogen-bond acceptors (Lipinski definition) is 3. The molecule has 0 saturated carbocycles. The number of nitrogens with one attached hydrogen (secondary N) is 2. The first-order valence-corrected chi connectivity index (χ1v) is 7.96. The van der Waals surface area contributed by atoms with Crippen molar-refractivity contribution in [2.75, 3.05) is 11.9 Å². The van der Waals surface area contributed by atoms with Gasteiger partial charge in [-0.15, -0.1) is 0 Å². The Labute approximate surface area is 127 Å². The summed E-state index contributed by atoms with van der Waals surface area (Å²) in [6.07, 6.45) is 3.51. The summed E-state index contributed by atoms with van der Waals surface area (Å²) in [6, 6.07) is 6.75. The van der Waals surface area contributed by atoms with E-state index in [1.165, 1.54) is 6.42 Å². The second-order valence-electron chi connectivity index (χ2n) is 6.06. The Bertz CT molecular complexity index is 491. The molecule has 1 heterocycles. The molecule has 1 aliphatic rings. The van der Waals surface area contributed by atoms with Crippen LogP contribution in [0.2, 0.25) is 0 Å². The van der Waals surface area contributed by atoms with Gasteiger partial charge in [0.15, 0.2) is 0 Å². The molecule has 0 aromatic heterocycles. The zero-order valence-corrected chi connectivity index (χ0v) is 13.6. The highest BCUT2D eigenvalue weighted by atomic mass is 16.2. The van der Waals surface area contributed by atoms with Crippen LogP contribution >= 0.6 is 0 Å². The summed E-state index contributed by atoms with van der Waals surface area (Å²) in [5.74, 6) is -0.0183. The molecule has 2 atom stereocenters. The maximum absolute atomic E-state index is 12.7. The molecule has 116 valence electrons. The first-order valence-electron chi connectivity index (χ1n) is 7.96. The fourth-order valence-corrected chi connectivity index (χ4v) is 3.01. The molecule has 1 aliphatic heterocycles. The number of piperidine rings is 1. The van der Waals surface area contributed by atoms with Crippen molar-refractivity contribution in [2.45, 2.75) is 59.0 Å². The van der Waals surface area contributed by atoms with E-state index in [1.54, 1.807) is 0 Å². The number of nitrogens with zero attached hydrogens (tertiary/aromatic N) is 1. The largest absolute Gasteiger partial charge is 0.385 e. The first-order chi connectivity index (χ1) is 10.0. The monoisotopic (exact) mass is 289 g/mol. The van der Waals surface area contributed by atoms with E-state index in [0.717, 1.165) is 36.2 Å². The van der Waals surface area contributed by atoms with Crippen LogP contribution in [0.1, 0.15) is 56.0 Å². The van der Waals surface area contributed by atoms with Crippen LogP contribution in [0.4, 0.5) is 5.69 Å². The van der Waals surface area contributed by atoms with Crippen molar-refractivity contribution in [1.82, 2.24) is 10.4 Å². The van der Waals surface area contributed by atoms with Crippen LogP contribution in [0.25, 0.3) is 0 Å². The van der Waals surface area contributed by atoms with Gasteiger partial charge in [-0.1, -0.05) is 18.1 Å². The molecule has 2 N–H and O–H groups in total. The van der Waals surface area contributed by atoms with Gasteiger partial charge in [0, 0.05) is 24.3 Å². The Balaban J connectivity index is 2.17. The maximum Gasteiger partial charge on any atom is 0.267 e. The molecular formula is C17H27N3O. The fraction of sp³-hybridized carbons (Fsp3) is 0.588. The Morgan fingerprint density at radius 2 is 1.95 bits per heavy atom. The van der Waals surface area contributed by atoms with Crippen LogP contribution < -0.4 is 10.7 Å². The van der Waals surface area contributed by atoms with E-state index in [0.29, 0.717) is 12.1 Å². The summed E-state index contributed by atoms with van der Waals surface area (Å²) in [5, 5.41) is 5.38. The van der Waals surface area contributed by atoms with Gasteiger partial charge in [-0.25, -0.2) is 5.01 Å². The Morgan fingerprint density at radius 3 is 2.57 bits per heavy atom. The highest BCUT2D eigenvalue weighted by Gasteiger charge is 2.27. The third-order valence-electron chi connectivity index (χ3n) is 4.21. The lowest BCUT2D eigenvalue weighted by Gasteiger charge is -2.38. The summed E-state index contributed by atoms with van der Waals surface area (Å²) < 4.78 is 0. The topological polar surface area (TPSA) is 44.4 Å². The van der Waals surface area contributed by atoms with E-state index < -0.39 is 0 Å². The predicted molar refractivity (Wildman–Crippen MR) is 87.4 cm³/mol. The molecule has 1 aromatic rings. The average Bonchev–Trinajstić information content (AvgIpc) is 2.45. The van der Waals surface area contributed by atoms with Crippen molar-refractivity contribution < 1.29 is 4.79 Å². The van der Waals surface area contributed by atoms with Gasteiger partial charge < -0.3 is 5.32 Å². The van der Waals surface area contributed by atoms with Crippen molar-refractivity contribution in [3.05, 3.63) is 29.3 Å². The van der Waals surface area contributed by atoms with Crippen LogP contribution in [-0.2, 0) is 0 Å². The normalized spacial score (nSPS) is 22.9. The van der Waals surface area contributed by atoms with Crippen LogP contribution in [0.15, 0.2) is 18.2 Å². The van der Waals surface area contributed by atoms with Crippen molar-refractivity contribution in [3.63, 3.8) is 0 Å². The number of benzene rings is 1. The average molecular weight is 289 g/mol. The molecule has 21 heavy (non-hydrogen) atoms. The van der Waals surface area contributed by atoms with E-state index in [4.69, 9.17) is 0 Å². The van der Waals surface area contributed by atoms with E-state index in [1.807, 2.05) is 32.0 Å². The summed E-state index contributed by atoms with van der Waals surface area (Å²) in [6.45, 7) is 9.21. The summed E-state index contributed by atoms with van der Waals surface area (Å²) in [7, 11) is 0. The standard InChI is InChI=1S/C17H27N3O/c1-5-18-16-10-9-12(2)11-15(16)17(21)19-20-13(3)7-6-8-14(20)4/h9-11,13-14,18H,5-8H2,1-4H3,(H,19,21). The Hall–Kier alpha value is -1.55. The second kappa shape index (κ2) is 6.94. The third kappa shape index (κ3) is 3.76. The van der Waals surface area contributed by atoms with Crippen LogP contribution in [0.3, 0.4) is 0 Å². The van der Waals surface area contributed by atoms with Gasteiger partial charge in [0.1, 0.15) is 0 Å². The highest BCUT2D eigenvalue weighted by Crippen LogP contribution is 2.22. The molecule has 0 aliphatic carbocycles. The van der Waals surface area contributed by atoms with Gasteiger partial charge in [-0.2, -0.15) is 0 Å². The lowest BCUT2D eigenvalue weighted by atomic mass is 10.00. The predicted octanol–water partition coefficient (Wildman–Crippen LogP) is 3.33. The number of rotatable bonds is 4. The van der Waals surface area contributed by atoms with E-state index in [2.05, 4.69) is 29.6 Å². The minimum atomic E-state index is -0.0183. The second-order valence-corrected chi connectivity index (χ2v) is 6.06. The van der Waals surface area contributed by atoms with Gasteiger partial charge in [0.2, 0.25) is 0 Å². The zero-order valence-electron chi connectivity index (χ0n) is 13.6. The van der Waals surface area contributed by atoms with Gasteiger partial charge in [-0.05, 0) is 52.7 Å². The molecule has 2 unspecified atom stereocenters. The Morgan fingerprint density at radius 1 is 1.29 bits per heavy atom. The van der Waals surface area contributed by atoms with E-state index in [9.17, 15) is 4.79 Å². The zero-order chi connectivity index (χ0) is 15.4. The molecule has 0 bridgehead atoms. The molecule has 0 spiro atoms. The van der Waals surface area contributed by atoms with Crippen molar-refractivity contribution in [3.8, 4) is 0 Å². The quantitative estimate of drug-likeness (QED) is 0.893. The molecule has 0 radical (unpaired) electrons. The van der Waals surface area contributed by atoms with Crippen LogP contribution in [-0.4, -0.2) is 29.5 Å². The molecule has 1 amide bonds. The van der Waals surface area contributed by atoms with Gasteiger partial charge in [0.25, 0.3) is 5.91 Å². The SMILES string of the molecule is CCNc1ccc(C)cc1C(=O)NN1C(C)CCCC1C. The molecule has 1 aromatic carbocycles. The van der Waals surface area contributed by atoms with Gasteiger partial charge >= 0.3 is 0 Å². The highest BCUT2D eigenvalue weighted by molar-refractivity contribution is 5.99. The van der Waals surface area contributed by atoms with Crippen LogP contribution in [0.5, 0.6) is 0 Å². The smallest absolute Gasteiger partial charge is 0.267 e. The minimum absolute atomic E-state index is 0.0183. The maximum atomic E-state index is 12.7. The molecule has 1 saturated heterocycles.